The molecule has 0 saturated carbocycles. The molecule has 0 aliphatic carbocycles. The Morgan fingerprint density at radius 2 is 1.86 bits per heavy atom. The fourth-order valence-corrected chi connectivity index (χ4v) is 2.95. The molecule has 0 rings (SSSR count). The maximum atomic E-state index is 11.2. The van der Waals surface area contributed by atoms with Crippen LogP contribution in [-0.4, -0.2) is 27.5 Å². The molecule has 21 heavy (non-hydrogen) atoms. The molecule has 0 radical (unpaired) electrons. The predicted octanol–water partition coefficient (Wildman–Crippen LogP) is 4.85. The van der Waals surface area contributed by atoms with Crippen molar-refractivity contribution in [2.45, 2.75) is 71.2 Å². The average molecular weight is 313 g/mol. The summed E-state index contributed by atoms with van der Waals surface area (Å²) >= 11 is 0. The van der Waals surface area contributed by atoms with E-state index in [-0.39, 0.29) is 17.1 Å². The van der Waals surface area contributed by atoms with Crippen molar-refractivity contribution in [1.29, 1.82) is 0 Å². The monoisotopic (exact) mass is 312 g/mol. The number of methoxy groups -OCH3 is 1. The molecule has 3 nitrogen and oxygen atoms in total. The van der Waals surface area contributed by atoms with Crippen LogP contribution < -0.4 is 0 Å². The van der Waals surface area contributed by atoms with Gasteiger partial charge in [-0.15, -0.1) is 6.58 Å². The summed E-state index contributed by atoms with van der Waals surface area (Å²) < 4.78 is 11.1. The Hall–Kier alpha value is -0.873. The third-order valence-corrected chi connectivity index (χ3v) is 8.58. The molecular formula is C17H32O3Si. The zero-order valence-electron chi connectivity index (χ0n) is 14.8. The van der Waals surface area contributed by atoms with Gasteiger partial charge in [0.25, 0.3) is 0 Å². The van der Waals surface area contributed by atoms with Gasteiger partial charge in [-0.25, -0.2) is 0 Å². The number of carbonyl (C=O) groups is 1. The molecule has 0 aromatic heterocycles. The summed E-state index contributed by atoms with van der Waals surface area (Å²) in [6, 6.07) is 0. The van der Waals surface area contributed by atoms with Crippen molar-refractivity contribution in [3.8, 4) is 0 Å². The Morgan fingerprint density at radius 1 is 1.29 bits per heavy atom. The summed E-state index contributed by atoms with van der Waals surface area (Å²) in [6.45, 7) is 17.1. The first-order chi connectivity index (χ1) is 9.53. The van der Waals surface area contributed by atoms with Crippen molar-refractivity contribution in [2.75, 3.05) is 7.11 Å². The van der Waals surface area contributed by atoms with Crippen molar-refractivity contribution in [1.82, 2.24) is 0 Å². The van der Waals surface area contributed by atoms with E-state index in [4.69, 9.17) is 4.43 Å². The normalized spacial score (nSPS) is 14.7. The Labute approximate surface area is 131 Å². The molecule has 0 aromatic rings. The van der Waals surface area contributed by atoms with Gasteiger partial charge in [-0.2, -0.15) is 0 Å². The SMILES string of the molecule is C=CC[C@@H](/C=C(\C)CCC(=O)OC)O[Si](C)(C)C(C)(C)C. The van der Waals surface area contributed by atoms with Crippen LogP contribution in [0.4, 0.5) is 0 Å². The molecule has 1 atom stereocenters. The van der Waals surface area contributed by atoms with E-state index >= 15 is 0 Å². The lowest BCUT2D eigenvalue weighted by atomic mass is 10.1. The number of carbonyl (C=O) groups excluding carboxylic acids is 1. The zero-order chi connectivity index (χ0) is 16.7. The van der Waals surface area contributed by atoms with Crippen LogP contribution in [0.2, 0.25) is 18.1 Å². The van der Waals surface area contributed by atoms with Gasteiger partial charge in [0.2, 0.25) is 0 Å². The fraction of sp³-hybridized carbons (Fsp3) is 0.706. The van der Waals surface area contributed by atoms with Crippen LogP contribution in [0.5, 0.6) is 0 Å². The molecule has 0 amide bonds. The number of ether oxygens (including phenoxy) is 1. The first-order valence-corrected chi connectivity index (χ1v) is 10.5. The number of hydrogen-bond acceptors (Lipinski definition) is 3. The van der Waals surface area contributed by atoms with E-state index in [1.165, 1.54) is 7.11 Å². The second kappa shape index (κ2) is 8.54. The van der Waals surface area contributed by atoms with Gasteiger partial charge in [0.05, 0.1) is 13.2 Å². The zero-order valence-corrected chi connectivity index (χ0v) is 15.8. The van der Waals surface area contributed by atoms with E-state index in [1.54, 1.807) is 0 Å². The minimum Gasteiger partial charge on any atom is -0.469 e. The van der Waals surface area contributed by atoms with E-state index in [2.05, 4.69) is 51.3 Å². The van der Waals surface area contributed by atoms with E-state index in [9.17, 15) is 4.79 Å². The minimum absolute atomic E-state index is 0.0426. The number of esters is 1. The first-order valence-electron chi connectivity index (χ1n) is 7.56. The molecule has 0 aliphatic heterocycles. The second-order valence-corrected chi connectivity index (χ2v) is 11.8. The van der Waals surface area contributed by atoms with E-state index in [1.807, 2.05) is 13.0 Å². The standard InChI is InChI=1S/C17H32O3Si/c1-9-10-15(20-21(7,8)17(3,4)5)13-14(2)11-12-16(18)19-6/h9,13,15H,1,10-12H2,2-8H3/b14-13+/t15-/m0/s1. The van der Waals surface area contributed by atoms with Crippen LogP contribution in [-0.2, 0) is 14.0 Å². The van der Waals surface area contributed by atoms with E-state index in [0.717, 1.165) is 12.0 Å². The lowest BCUT2D eigenvalue weighted by Crippen LogP contribution is -2.43. The first kappa shape index (κ1) is 20.1. The summed E-state index contributed by atoms with van der Waals surface area (Å²) in [4.78, 5) is 11.2. The summed E-state index contributed by atoms with van der Waals surface area (Å²) in [5.41, 5.74) is 1.16. The topological polar surface area (TPSA) is 35.5 Å². The lowest BCUT2D eigenvalue weighted by Gasteiger charge is -2.38. The lowest BCUT2D eigenvalue weighted by molar-refractivity contribution is -0.140. The van der Waals surface area contributed by atoms with Crippen LogP contribution in [0.1, 0.15) is 47.0 Å². The maximum absolute atomic E-state index is 11.2. The van der Waals surface area contributed by atoms with Gasteiger partial charge in [-0.3, -0.25) is 4.79 Å². The Bertz CT molecular complexity index is 378. The van der Waals surface area contributed by atoms with Gasteiger partial charge in [0.15, 0.2) is 8.32 Å². The average Bonchev–Trinajstić information content (AvgIpc) is 2.34. The van der Waals surface area contributed by atoms with Gasteiger partial charge in [-0.1, -0.05) is 38.5 Å². The molecule has 0 fully saturated rings. The van der Waals surface area contributed by atoms with Crippen molar-refractivity contribution in [3.05, 3.63) is 24.3 Å². The second-order valence-electron chi connectivity index (χ2n) is 7.03. The highest BCUT2D eigenvalue weighted by Gasteiger charge is 2.38. The minimum atomic E-state index is -1.81. The van der Waals surface area contributed by atoms with Gasteiger partial charge in [0.1, 0.15) is 0 Å². The predicted molar refractivity (Wildman–Crippen MR) is 91.9 cm³/mol. The molecule has 0 aromatic carbocycles. The molecule has 0 bridgehead atoms. The van der Waals surface area contributed by atoms with Gasteiger partial charge >= 0.3 is 5.97 Å². The Kier molecular flexibility index (Phi) is 8.19. The van der Waals surface area contributed by atoms with Crippen molar-refractivity contribution in [2.24, 2.45) is 0 Å². The number of rotatable bonds is 8. The summed E-state index contributed by atoms with van der Waals surface area (Å²) in [6.07, 6.45) is 5.98. The summed E-state index contributed by atoms with van der Waals surface area (Å²) in [7, 11) is -0.389. The van der Waals surface area contributed by atoms with Crippen LogP contribution in [0.3, 0.4) is 0 Å². The van der Waals surface area contributed by atoms with Gasteiger partial charge in [-0.05, 0) is 37.9 Å². The smallest absolute Gasteiger partial charge is 0.305 e. The summed E-state index contributed by atoms with van der Waals surface area (Å²) in [5.74, 6) is -0.173. The Morgan fingerprint density at radius 3 is 2.29 bits per heavy atom. The quantitative estimate of drug-likeness (QED) is 0.365. The van der Waals surface area contributed by atoms with Crippen LogP contribution in [0, 0.1) is 0 Å². The molecule has 0 aliphatic rings. The van der Waals surface area contributed by atoms with Gasteiger partial charge in [0, 0.05) is 6.42 Å². The van der Waals surface area contributed by atoms with Crippen LogP contribution in [0.25, 0.3) is 0 Å². The largest absolute Gasteiger partial charge is 0.469 e. The summed E-state index contributed by atoms with van der Waals surface area (Å²) in [5, 5.41) is 0.181. The van der Waals surface area contributed by atoms with Crippen molar-refractivity contribution in [3.63, 3.8) is 0 Å². The molecule has 0 saturated heterocycles. The van der Waals surface area contributed by atoms with E-state index in [0.29, 0.717) is 12.8 Å². The molecule has 0 spiro atoms. The third-order valence-electron chi connectivity index (χ3n) is 4.07. The van der Waals surface area contributed by atoms with Crippen LogP contribution >= 0.6 is 0 Å². The van der Waals surface area contributed by atoms with E-state index < -0.39 is 8.32 Å². The number of allylic oxidation sites excluding steroid dienone is 1. The molecule has 0 unspecified atom stereocenters. The highest BCUT2D eigenvalue weighted by Crippen LogP contribution is 2.37. The fourth-order valence-electron chi connectivity index (χ4n) is 1.67. The molecule has 0 heterocycles. The van der Waals surface area contributed by atoms with Crippen molar-refractivity contribution >= 4 is 14.3 Å². The highest BCUT2D eigenvalue weighted by molar-refractivity contribution is 6.74. The molecular weight excluding hydrogens is 280 g/mol. The molecule has 122 valence electrons. The molecule has 4 heteroatoms. The maximum Gasteiger partial charge on any atom is 0.305 e. The van der Waals surface area contributed by atoms with Crippen LogP contribution in [0.15, 0.2) is 24.3 Å². The highest BCUT2D eigenvalue weighted by atomic mass is 28.4. The van der Waals surface area contributed by atoms with Crippen molar-refractivity contribution < 1.29 is 14.0 Å². The third kappa shape index (κ3) is 7.62. The van der Waals surface area contributed by atoms with Gasteiger partial charge < -0.3 is 9.16 Å². The number of hydrogen-bond donors (Lipinski definition) is 0. The Balaban J connectivity index is 4.82. The molecule has 0 N–H and O–H groups in total.